The lowest BCUT2D eigenvalue weighted by Gasteiger charge is -2.41. The molecule has 2 aromatic rings. The van der Waals surface area contributed by atoms with Gasteiger partial charge in [-0.3, -0.25) is 10.1 Å². The average Bonchev–Trinajstić information content (AvgIpc) is 3.10. The van der Waals surface area contributed by atoms with Crippen LogP contribution in [0, 0.1) is 11.5 Å². The molecule has 0 saturated carbocycles. The molecule has 0 radical (unpaired) electrons. The number of nitrogens with one attached hydrogen (secondary N) is 2. The summed E-state index contributed by atoms with van der Waals surface area (Å²) in [4.78, 5) is 40.7. The zero-order valence-electron chi connectivity index (χ0n) is 26.6. The molecule has 13 heteroatoms. The van der Waals surface area contributed by atoms with Crippen molar-refractivity contribution in [2.75, 3.05) is 50.3 Å². The van der Waals surface area contributed by atoms with Crippen LogP contribution >= 0.6 is 31.9 Å². The van der Waals surface area contributed by atoms with Gasteiger partial charge >= 0.3 is 6.03 Å². The Kier molecular flexibility index (Phi) is 10.9. The van der Waals surface area contributed by atoms with Crippen molar-refractivity contribution < 1.29 is 9.59 Å². The first-order chi connectivity index (χ1) is 22.8. The highest BCUT2D eigenvalue weighted by molar-refractivity contribution is 9.11. The summed E-state index contributed by atoms with van der Waals surface area (Å²) in [5, 5.41) is 15.6. The van der Waals surface area contributed by atoms with Gasteiger partial charge in [-0.25, -0.2) is 9.79 Å². The smallest absolute Gasteiger partial charge is 0.322 e. The number of urea groups is 1. The van der Waals surface area contributed by atoms with E-state index >= 15 is 0 Å². The first-order valence-electron chi connectivity index (χ1n) is 16.7. The topological polar surface area (TPSA) is 133 Å². The van der Waals surface area contributed by atoms with Gasteiger partial charge in [-0.05, 0) is 113 Å². The van der Waals surface area contributed by atoms with E-state index in [1.54, 1.807) is 0 Å². The summed E-state index contributed by atoms with van der Waals surface area (Å²) in [7, 11) is 0. The Hall–Kier alpha value is -3.34. The van der Waals surface area contributed by atoms with E-state index in [1.807, 2.05) is 51.1 Å². The number of likely N-dealkylation sites (tertiary alicyclic amines) is 3. The van der Waals surface area contributed by atoms with E-state index in [9.17, 15) is 14.9 Å². The van der Waals surface area contributed by atoms with Crippen molar-refractivity contribution >= 4 is 61.1 Å². The number of nitrogens with two attached hydrogens (primary N) is 1. The number of nitrogens with zero attached hydrogens (tertiary/aromatic N) is 6. The molecule has 3 fully saturated rings. The molecular weight excluding hydrogens is 726 g/mol. The lowest BCUT2D eigenvalue weighted by atomic mass is 9.98. The maximum Gasteiger partial charge on any atom is 0.322 e. The number of fused-ring (bicyclic) bond motifs is 1. The number of carbonyl (C=O) groups excluding carboxylic acids is 2. The zero-order chi connectivity index (χ0) is 32.9. The number of piperidine rings is 3. The number of para-hydroxylation sites is 1. The van der Waals surface area contributed by atoms with E-state index in [4.69, 9.17) is 10.7 Å². The van der Waals surface area contributed by atoms with Crippen LogP contribution in [-0.2, 0) is 17.8 Å². The number of benzene rings is 2. The van der Waals surface area contributed by atoms with E-state index in [0.717, 1.165) is 64.5 Å². The molecule has 6 rings (SSSR count). The lowest BCUT2D eigenvalue weighted by Crippen LogP contribution is -2.53. The van der Waals surface area contributed by atoms with Crippen molar-refractivity contribution in [1.29, 1.82) is 5.26 Å². The second-order valence-electron chi connectivity index (χ2n) is 13.0. The van der Waals surface area contributed by atoms with Gasteiger partial charge in [-0.15, -0.1) is 0 Å². The van der Waals surface area contributed by atoms with Crippen LogP contribution in [0.5, 0.6) is 0 Å². The third kappa shape index (κ3) is 7.87. The van der Waals surface area contributed by atoms with Crippen molar-refractivity contribution in [3.8, 4) is 6.19 Å². The standard InChI is InChI=1S/C34H43Br2N9O2/c35-27-18-23(19-28(36)31(27)38)20-30(32(46)43-14-8-25(9-15-43)42-12-4-1-5-13-42)40-33(39-22-37)44-16-10-26(11-17-44)45-21-24-6-2-3-7-29(24)41-34(45)47/h2-3,6-7,18-19,25-26,30H,1,4-5,8-17,20-21,38H2,(H,39,40)(H,41,47)/t30-/m1/s1. The molecule has 1 atom stereocenters. The lowest BCUT2D eigenvalue weighted by molar-refractivity contribution is -0.134. The van der Waals surface area contributed by atoms with Crippen molar-refractivity contribution in [2.45, 2.75) is 76.0 Å². The van der Waals surface area contributed by atoms with Crippen LogP contribution in [-0.4, -0.2) is 94.9 Å². The maximum absolute atomic E-state index is 14.2. The fraction of sp³-hybridized carbons (Fsp3) is 0.529. The molecule has 0 unspecified atom stereocenters. The molecule has 11 nitrogen and oxygen atoms in total. The highest BCUT2D eigenvalue weighted by Crippen LogP contribution is 2.31. The molecule has 0 spiro atoms. The van der Waals surface area contributed by atoms with Crippen molar-refractivity contribution in [2.24, 2.45) is 4.99 Å². The van der Waals surface area contributed by atoms with E-state index in [0.29, 0.717) is 56.8 Å². The highest BCUT2D eigenvalue weighted by atomic mass is 79.9. The highest BCUT2D eigenvalue weighted by Gasteiger charge is 2.34. The molecule has 4 heterocycles. The van der Waals surface area contributed by atoms with Crippen LogP contribution in [0.4, 0.5) is 16.2 Å². The number of rotatable bonds is 6. The van der Waals surface area contributed by atoms with Crippen molar-refractivity contribution in [3.63, 3.8) is 0 Å². The first kappa shape index (κ1) is 33.6. The summed E-state index contributed by atoms with van der Waals surface area (Å²) in [6, 6.07) is 11.5. The number of aliphatic imine (C=N–C) groups is 1. The molecule has 3 saturated heterocycles. The number of carbonyl (C=O) groups is 2. The molecule has 4 aliphatic rings. The van der Waals surface area contributed by atoms with Gasteiger partial charge < -0.3 is 30.7 Å². The van der Waals surface area contributed by atoms with Gasteiger partial charge in [0.05, 0.1) is 5.69 Å². The summed E-state index contributed by atoms with van der Waals surface area (Å²) >= 11 is 7.10. The second kappa shape index (κ2) is 15.3. The minimum absolute atomic E-state index is 0.0260. The summed E-state index contributed by atoms with van der Waals surface area (Å²) in [6.07, 6.45) is 9.62. The van der Waals surface area contributed by atoms with Gasteiger partial charge in [0, 0.05) is 65.9 Å². The summed E-state index contributed by atoms with van der Waals surface area (Å²) in [5.41, 5.74) is 9.64. The molecule has 3 amide bonds. The number of nitriles is 1. The fourth-order valence-electron chi connectivity index (χ4n) is 7.41. The van der Waals surface area contributed by atoms with Crippen molar-refractivity contribution in [3.05, 3.63) is 56.5 Å². The summed E-state index contributed by atoms with van der Waals surface area (Å²) in [6.45, 7) is 5.49. The number of hydrogen-bond acceptors (Lipinski definition) is 6. The van der Waals surface area contributed by atoms with Crippen LogP contribution in [0.15, 0.2) is 50.3 Å². The predicted octanol–water partition coefficient (Wildman–Crippen LogP) is 5.12. The van der Waals surface area contributed by atoms with Gasteiger partial charge in [-0.1, -0.05) is 24.6 Å². The number of amides is 3. The summed E-state index contributed by atoms with van der Waals surface area (Å²) in [5.74, 6) is 0.372. The normalized spacial score (nSPS) is 20.7. The number of guanidine groups is 1. The van der Waals surface area contributed by atoms with Crippen LogP contribution in [0.1, 0.15) is 56.1 Å². The molecule has 0 aliphatic carbocycles. The minimum Gasteiger partial charge on any atom is -0.397 e. The molecule has 47 heavy (non-hydrogen) atoms. The van der Waals surface area contributed by atoms with Gasteiger partial charge in [0.1, 0.15) is 6.04 Å². The molecule has 4 N–H and O–H groups in total. The van der Waals surface area contributed by atoms with Crippen molar-refractivity contribution in [1.82, 2.24) is 24.9 Å². The monoisotopic (exact) mass is 767 g/mol. The molecule has 4 aliphatic heterocycles. The van der Waals surface area contributed by atoms with Gasteiger partial charge in [0.25, 0.3) is 0 Å². The minimum atomic E-state index is -0.720. The predicted molar refractivity (Wildman–Crippen MR) is 191 cm³/mol. The molecule has 0 bridgehead atoms. The Morgan fingerprint density at radius 2 is 1.62 bits per heavy atom. The Balaban J connectivity index is 1.18. The first-order valence-corrected chi connectivity index (χ1v) is 18.3. The number of hydrogen-bond donors (Lipinski definition) is 3. The number of anilines is 2. The Bertz CT molecular complexity index is 1500. The van der Waals surface area contributed by atoms with E-state index in [2.05, 4.69) is 53.6 Å². The third-order valence-electron chi connectivity index (χ3n) is 10.0. The Morgan fingerprint density at radius 3 is 2.30 bits per heavy atom. The average molecular weight is 770 g/mol. The summed E-state index contributed by atoms with van der Waals surface area (Å²) < 4.78 is 1.50. The van der Waals surface area contributed by atoms with Crippen LogP contribution in [0.2, 0.25) is 0 Å². The SMILES string of the molecule is N#CNC(=N[C@H](Cc1cc(Br)c(N)c(Br)c1)C(=O)N1CCC(N2CCCCC2)CC1)N1CCC(N2Cc3ccccc3NC2=O)CC1. The van der Waals surface area contributed by atoms with Crippen LogP contribution in [0.25, 0.3) is 0 Å². The number of halogens is 2. The van der Waals surface area contributed by atoms with Gasteiger partial charge in [0.15, 0.2) is 6.19 Å². The quantitative estimate of drug-likeness (QED) is 0.122. The van der Waals surface area contributed by atoms with Crippen LogP contribution < -0.4 is 16.4 Å². The third-order valence-corrected chi connectivity index (χ3v) is 11.4. The maximum atomic E-state index is 14.2. The molecule has 2 aromatic carbocycles. The second-order valence-corrected chi connectivity index (χ2v) is 14.7. The molecule has 0 aromatic heterocycles. The Morgan fingerprint density at radius 1 is 0.979 bits per heavy atom. The fourth-order valence-corrected chi connectivity index (χ4v) is 8.69. The van der Waals surface area contributed by atoms with Gasteiger partial charge in [0.2, 0.25) is 11.9 Å². The Labute approximate surface area is 293 Å². The zero-order valence-corrected chi connectivity index (χ0v) is 29.8. The van der Waals surface area contributed by atoms with E-state index in [-0.39, 0.29) is 18.0 Å². The molecule has 250 valence electrons. The largest absolute Gasteiger partial charge is 0.397 e. The molecular formula is C34H43Br2N9O2. The van der Waals surface area contributed by atoms with E-state index < -0.39 is 6.04 Å². The van der Waals surface area contributed by atoms with Gasteiger partial charge in [-0.2, -0.15) is 5.26 Å². The van der Waals surface area contributed by atoms with E-state index in [1.165, 1.54) is 19.3 Å². The number of nitrogen functional groups attached to an aromatic ring is 1. The van der Waals surface area contributed by atoms with Crippen LogP contribution in [0.3, 0.4) is 0 Å².